The van der Waals surface area contributed by atoms with Crippen LogP contribution in [0.2, 0.25) is 35.2 Å². The summed E-state index contributed by atoms with van der Waals surface area (Å²) in [6, 6.07) is 72.2. The zero-order valence-corrected chi connectivity index (χ0v) is 90.7. The summed E-state index contributed by atoms with van der Waals surface area (Å²) in [6.07, 6.45) is 0. The van der Waals surface area contributed by atoms with Gasteiger partial charge in [-0.25, -0.2) is 57.1 Å². The van der Waals surface area contributed by atoms with Crippen LogP contribution in [0, 0.1) is 75.6 Å². The van der Waals surface area contributed by atoms with Crippen LogP contribution >= 0.6 is 97.1 Å². The Hall–Kier alpha value is -8.54. The molecule has 0 fully saturated rings. The van der Waals surface area contributed by atoms with Crippen LogP contribution < -0.4 is 0 Å². The van der Waals surface area contributed by atoms with Crippen LogP contribution in [0.15, 0.2) is 271 Å². The molecule has 138 heavy (non-hydrogen) atoms. The predicted octanol–water partition coefficient (Wildman–Crippen LogP) is 43.7. The molecular weight excluding hydrogens is 1980 g/mol. The van der Waals surface area contributed by atoms with E-state index in [1.54, 1.807) is 54.6 Å². The molecule has 13 rings (SSSR count). The molecule has 0 nitrogen and oxygen atoms in total. The maximum absolute atomic E-state index is 13.0. The first kappa shape index (κ1) is 127. The van der Waals surface area contributed by atoms with Crippen LogP contribution in [-0.2, 0) is 0 Å². The summed E-state index contributed by atoms with van der Waals surface area (Å²) in [5.74, 6) is -1.34. The molecule has 0 aliphatic carbocycles. The van der Waals surface area contributed by atoms with Gasteiger partial charge in [0.1, 0.15) is 52.4 Å². The summed E-state index contributed by atoms with van der Waals surface area (Å²) in [6.45, 7) is 52.2. The topological polar surface area (TPSA) is 0 Å². The highest BCUT2D eigenvalue weighted by molar-refractivity contribution is 9.10. The molecule has 0 bridgehead atoms. The van der Waals surface area contributed by atoms with E-state index in [4.69, 9.17) is 81.2 Å². The molecule has 0 atom stereocenters. The lowest BCUT2D eigenvalue weighted by molar-refractivity contribution is 0.494. The minimum atomic E-state index is -0.783. The van der Waals surface area contributed by atoms with Gasteiger partial charge < -0.3 is 0 Å². The molecule has 0 N–H and O–H groups in total. The average Bonchev–Trinajstić information content (AvgIpc) is 0.820. The van der Waals surface area contributed by atoms with Crippen molar-refractivity contribution in [1.29, 1.82) is 0 Å². The average molecular weight is 2120 g/mol. The lowest BCUT2D eigenvalue weighted by Crippen LogP contribution is -1.95. The monoisotopic (exact) mass is 2110 g/mol. The van der Waals surface area contributed by atoms with E-state index in [-0.39, 0.29) is 82.1 Å². The van der Waals surface area contributed by atoms with Gasteiger partial charge in [0.05, 0.1) is 10.0 Å². The molecule has 0 aromatic heterocycles. The van der Waals surface area contributed by atoms with Gasteiger partial charge in [-0.1, -0.05) is 374 Å². The van der Waals surface area contributed by atoms with Crippen molar-refractivity contribution < 1.29 is 57.1 Å². The summed E-state index contributed by atoms with van der Waals surface area (Å²) >= 11 is 44.1. The van der Waals surface area contributed by atoms with Crippen molar-refractivity contribution in [2.45, 2.75) is 257 Å². The third-order valence-electron chi connectivity index (χ3n) is 20.3. The van der Waals surface area contributed by atoms with E-state index in [1.165, 1.54) is 99.5 Å². The first-order valence-electron chi connectivity index (χ1n) is 45.8. The zero-order valence-electron chi connectivity index (χ0n) is 83.8. The second kappa shape index (κ2) is 67.0. The molecule has 0 aliphatic heterocycles. The maximum Gasteiger partial charge on any atom is 0.162 e. The minimum Gasteiger partial charge on any atom is -0.207 e. The normalized spacial score (nSPS) is 10.6. The molecule has 0 unspecified atom stereocenters. The number of rotatable bonds is 13. The molecule has 13 aromatic carbocycles. The van der Waals surface area contributed by atoms with Crippen molar-refractivity contribution >= 4 is 97.1 Å². The Bertz CT molecular complexity index is 5270. The molecule has 0 spiro atoms. The summed E-state index contributed by atoms with van der Waals surface area (Å²) < 4.78 is 165. The number of hydrogen-bond donors (Lipinski definition) is 0. The van der Waals surface area contributed by atoms with Crippen LogP contribution in [0.5, 0.6) is 0 Å². The first-order valence-corrected chi connectivity index (χ1v) is 49.2. The number of halogens is 21. The Morgan fingerprint density at radius 2 is 0.478 bits per heavy atom. The standard InChI is InChI=1S/C9H11Br.2C9H10Cl2.2C9H10ClF.C9H11Cl.4C9H10F2.3C9H11F/c1-7(2)8-5-3-4-6-9(8)10;1-6(2)8-5-7(10)3-4-9(8)11;1-6(2)7-3-4-8(10)9(11)5-7;1-6(2)8-5-7(11)3-4-9(8)10;1-6(2)8-5-7(10)3-4-9(8)11;1-7(2)8-4-3-5-9(10)6-8;1-6(2)7-3-8(10)5-9(11)4-7;1-6(2)8-5-7(10)3-4-9(8)11;1-6(2)7-3-4-8(10)9(11)5-7;1-6(2)7-4-3-5-8(10)9(7)11;1-7(2)8-3-5-9(10)6-4-8;1-7(2)8-4-3-5-9(10)6-8;1-7(2)8-5-3-4-6-9(8)10/h3-7H,1-2H3;4*3-6H,1-2H3;3-7H,1-2H3;4*3-6H,1-2H3;3*3-7H,1-2H3. The predicted molar refractivity (Wildman–Crippen MR) is 569 cm³/mol. The molecule has 0 saturated carbocycles. The van der Waals surface area contributed by atoms with Crippen molar-refractivity contribution in [1.82, 2.24) is 0 Å². The van der Waals surface area contributed by atoms with Crippen molar-refractivity contribution in [3.8, 4) is 0 Å². The van der Waals surface area contributed by atoms with Gasteiger partial charge in [0.25, 0.3) is 0 Å². The van der Waals surface area contributed by atoms with E-state index in [0.717, 1.165) is 73.2 Å². The van der Waals surface area contributed by atoms with Gasteiger partial charge in [0, 0.05) is 35.7 Å². The van der Waals surface area contributed by atoms with Crippen molar-refractivity contribution in [3.05, 3.63) is 455 Å². The molecule has 13 aromatic rings. The van der Waals surface area contributed by atoms with Crippen LogP contribution in [0.3, 0.4) is 0 Å². The summed E-state index contributed by atoms with van der Waals surface area (Å²) in [5.41, 5.74) is 12.0. The van der Waals surface area contributed by atoms with Crippen molar-refractivity contribution in [3.63, 3.8) is 0 Å². The van der Waals surface area contributed by atoms with E-state index >= 15 is 0 Å². The lowest BCUT2D eigenvalue weighted by atomic mass is 10.0. The quantitative estimate of drug-likeness (QED) is 0.101. The summed E-state index contributed by atoms with van der Waals surface area (Å²) in [4.78, 5) is 0. The largest absolute Gasteiger partial charge is 0.207 e. The maximum atomic E-state index is 13.0. The van der Waals surface area contributed by atoms with E-state index in [9.17, 15) is 57.1 Å². The van der Waals surface area contributed by atoms with Crippen molar-refractivity contribution in [2.24, 2.45) is 0 Å². The molecule has 0 amide bonds. The number of benzene rings is 13. The second-order valence-electron chi connectivity index (χ2n) is 36.1. The highest BCUT2D eigenvalue weighted by Crippen LogP contribution is 2.32. The van der Waals surface area contributed by atoms with E-state index < -0.39 is 34.9 Å². The Labute approximate surface area is 859 Å². The second-order valence-corrected chi connectivity index (χ2v) is 39.9. The molecule has 0 aliphatic rings. The van der Waals surface area contributed by atoms with Crippen LogP contribution in [0.1, 0.15) is 329 Å². The summed E-state index contributed by atoms with van der Waals surface area (Å²) in [5, 5.41) is 4.86. The molecule has 0 heterocycles. The smallest absolute Gasteiger partial charge is 0.162 e. The van der Waals surface area contributed by atoms with Gasteiger partial charge in [-0.05, 0) is 313 Å². The minimum absolute atomic E-state index is 0.0331. The van der Waals surface area contributed by atoms with Gasteiger partial charge in [0.2, 0.25) is 0 Å². The molecule has 750 valence electrons. The van der Waals surface area contributed by atoms with E-state index in [2.05, 4.69) is 123 Å². The van der Waals surface area contributed by atoms with E-state index in [0.29, 0.717) is 77.9 Å². The van der Waals surface area contributed by atoms with Crippen LogP contribution in [-0.4, -0.2) is 0 Å². The van der Waals surface area contributed by atoms with Gasteiger partial charge in [-0.2, -0.15) is 0 Å². The fourth-order valence-corrected chi connectivity index (χ4v) is 14.2. The molecule has 0 radical (unpaired) electrons. The summed E-state index contributed by atoms with van der Waals surface area (Å²) in [7, 11) is 0. The molecule has 0 saturated heterocycles. The molecule has 21 heteroatoms. The Morgan fingerprint density at radius 1 is 0.167 bits per heavy atom. The Balaban J connectivity index is 0.000000748. The van der Waals surface area contributed by atoms with Gasteiger partial charge in [0.15, 0.2) is 23.3 Å². The highest BCUT2D eigenvalue weighted by Gasteiger charge is 2.15. The van der Waals surface area contributed by atoms with Gasteiger partial charge in [-0.3, -0.25) is 0 Å². The first-order chi connectivity index (χ1) is 64.4. The van der Waals surface area contributed by atoms with E-state index in [1.807, 2.05) is 182 Å². The SMILES string of the molecule is CC(C)c1cc(Cl)ccc1Cl.CC(C)c1cc(Cl)ccc1F.CC(C)c1cc(F)cc(F)c1.CC(C)c1cc(F)ccc1Cl.CC(C)c1cc(F)ccc1F.CC(C)c1ccc(Cl)c(Cl)c1.CC(C)c1ccc(F)c(F)c1.CC(C)c1ccc(F)cc1.CC(C)c1cccc(Cl)c1.CC(C)c1cccc(F)c1.CC(C)c1cccc(F)c1F.CC(C)c1ccccc1Br.CC(C)c1ccccc1F. The Kier molecular flexibility index (Phi) is 61.9. The van der Waals surface area contributed by atoms with Gasteiger partial charge in [-0.15, -0.1) is 0 Å². The number of hydrogen-bond acceptors (Lipinski definition) is 0. The zero-order chi connectivity index (χ0) is 105. The van der Waals surface area contributed by atoms with Crippen LogP contribution in [0.4, 0.5) is 57.1 Å². The third kappa shape index (κ3) is 51.2. The molecular formula is C117H135BrCl7F13. The fourth-order valence-electron chi connectivity index (χ4n) is 11.9. The third-order valence-corrected chi connectivity index (χ3v) is 23.2. The Morgan fingerprint density at radius 3 is 0.862 bits per heavy atom. The van der Waals surface area contributed by atoms with Crippen molar-refractivity contribution in [2.75, 3.05) is 0 Å². The highest BCUT2D eigenvalue weighted by atomic mass is 79.9. The fraction of sp³-hybridized carbons (Fsp3) is 0.333. The van der Waals surface area contributed by atoms with Gasteiger partial charge >= 0.3 is 0 Å². The van der Waals surface area contributed by atoms with Crippen LogP contribution in [0.25, 0.3) is 0 Å². The lowest BCUT2D eigenvalue weighted by Gasteiger charge is -2.07.